The third kappa shape index (κ3) is 3.73. The zero-order chi connectivity index (χ0) is 15.4. The first-order valence-corrected chi connectivity index (χ1v) is 7.41. The molecule has 1 fully saturated rings. The normalized spacial score (nSPS) is 23.2. The second kappa shape index (κ2) is 7.20. The van der Waals surface area contributed by atoms with Crippen molar-refractivity contribution >= 4 is 17.5 Å². The molecule has 6 heteroatoms. The zero-order valence-corrected chi connectivity index (χ0v) is 12.8. The number of rotatable bonds is 4. The van der Waals surface area contributed by atoms with Gasteiger partial charge >= 0.3 is 0 Å². The molecule has 0 bridgehead atoms. The number of nitrogens with two attached hydrogens (primary N) is 1. The average Bonchev–Trinajstić information content (AvgIpc) is 2.59. The molecular formula is C15H20ClFN2O2. The maximum Gasteiger partial charge on any atom is 0.223 e. The lowest BCUT2D eigenvalue weighted by atomic mass is 9.96. The number of carbonyl (C=O) groups is 1. The van der Waals surface area contributed by atoms with Gasteiger partial charge in [-0.1, -0.05) is 17.7 Å². The van der Waals surface area contributed by atoms with E-state index in [1.807, 2.05) is 0 Å². The summed E-state index contributed by atoms with van der Waals surface area (Å²) in [6, 6.07) is 4.03. The fraction of sp³-hybridized carbons (Fsp3) is 0.533. The molecule has 1 aromatic rings. The number of nitrogens with zero attached hydrogens (tertiary/aromatic N) is 1. The van der Waals surface area contributed by atoms with Crippen molar-refractivity contribution in [2.75, 3.05) is 20.3 Å². The van der Waals surface area contributed by atoms with Gasteiger partial charge < -0.3 is 15.4 Å². The summed E-state index contributed by atoms with van der Waals surface area (Å²) in [6.07, 6.45) is 1.93. The molecule has 116 valence electrons. The fourth-order valence-electron chi connectivity index (χ4n) is 2.75. The van der Waals surface area contributed by atoms with Gasteiger partial charge in [-0.25, -0.2) is 4.39 Å². The molecule has 0 aromatic heterocycles. The van der Waals surface area contributed by atoms with Crippen LogP contribution in [-0.2, 0) is 9.53 Å². The first-order valence-electron chi connectivity index (χ1n) is 7.03. The molecule has 2 atom stereocenters. The third-order valence-electron chi connectivity index (χ3n) is 3.81. The van der Waals surface area contributed by atoms with Crippen molar-refractivity contribution in [1.82, 2.24) is 4.90 Å². The van der Waals surface area contributed by atoms with Crippen LogP contribution in [0.1, 0.15) is 30.9 Å². The van der Waals surface area contributed by atoms with E-state index in [9.17, 15) is 9.18 Å². The molecule has 0 spiro atoms. The molecule has 2 rings (SSSR count). The minimum absolute atomic E-state index is 0.0281. The van der Waals surface area contributed by atoms with E-state index in [0.717, 1.165) is 12.8 Å². The van der Waals surface area contributed by atoms with Crippen molar-refractivity contribution in [3.8, 4) is 0 Å². The second-order valence-corrected chi connectivity index (χ2v) is 5.66. The van der Waals surface area contributed by atoms with E-state index in [0.29, 0.717) is 25.1 Å². The lowest BCUT2D eigenvalue weighted by Crippen LogP contribution is -2.43. The van der Waals surface area contributed by atoms with Crippen molar-refractivity contribution in [3.05, 3.63) is 34.6 Å². The number of carbonyl (C=O) groups excluding carboxylic acids is 1. The molecule has 1 aliphatic heterocycles. The smallest absolute Gasteiger partial charge is 0.223 e. The topological polar surface area (TPSA) is 55.6 Å². The largest absolute Gasteiger partial charge is 0.383 e. The Morgan fingerprint density at radius 2 is 2.29 bits per heavy atom. The number of methoxy groups -OCH3 is 1. The van der Waals surface area contributed by atoms with E-state index in [2.05, 4.69) is 0 Å². The van der Waals surface area contributed by atoms with Crippen LogP contribution in [0.15, 0.2) is 18.2 Å². The average molecular weight is 315 g/mol. The summed E-state index contributed by atoms with van der Waals surface area (Å²) < 4.78 is 18.8. The maximum atomic E-state index is 13.7. The first kappa shape index (κ1) is 16.2. The van der Waals surface area contributed by atoms with Crippen LogP contribution in [0.4, 0.5) is 4.39 Å². The quantitative estimate of drug-likeness (QED) is 0.929. The molecule has 2 N–H and O–H groups in total. The van der Waals surface area contributed by atoms with Crippen LogP contribution < -0.4 is 5.73 Å². The van der Waals surface area contributed by atoms with Gasteiger partial charge in [-0.3, -0.25) is 4.79 Å². The van der Waals surface area contributed by atoms with Gasteiger partial charge in [0.1, 0.15) is 5.82 Å². The van der Waals surface area contributed by atoms with Crippen LogP contribution in [0, 0.1) is 5.82 Å². The Balaban J connectivity index is 2.36. The Morgan fingerprint density at radius 3 is 2.95 bits per heavy atom. The van der Waals surface area contributed by atoms with Gasteiger partial charge in [-0.2, -0.15) is 0 Å². The number of halogens is 2. The van der Waals surface area contributed by atoms with E-state index in [1.54, 1.807) is 18.1 Å². The molecular weight excluding hydrogens is 295 g/mol. The molecule has 21 heavy (non-hydrogen) atoms. The van der Waals surface area contributed by atoms with Crippen molar-refractivity contribution in [2.45, 2.75) is 31.3 Å². The van der Waals surface area contributed by atoms with Gasteiger partial charge in [0, 0.05) is 26.1 Å². The van der Waals surface area contributed by atoms with Crippen LogP contribution >= 0.6 is 11.6 Å². The minimum Gasteiger partial charge on any atom is -0.383 e. The number of likely N-dealkylation sites (tertiary alicyclic amines) is 1. The minimum atomic E-state index is -0.496. The first-order chi connectivity index (χ1) is 10.0. The number of ether oxygens (including phenoxy) is 1. The molecule has 0 aliphatic carbocycles. The number of amides is 1. The summed E-state index contributed by atoms with van der Waals surface area (Å²) in [5.41, 5.74) is 6.91. The third-order valence-corrected chi connectivity index (χ3v) is 4.12. The molecule has 1 heterocycles. The lowest BCUT2D eigenvalue weighted by Gasteiger charge is -2.34. The van der Waals surface area contributed by atoms with Crippen LogP contribution in [0.25, 0.3) is 0 Å². The van der Waals surface area contributed by atoms with Gasteiger partial charge in [-0.15, -0.1) is 0 Å². The predicted molar refractivity (Wildman–Crippen MR) is 79.6 cm³/mol. The molecule has 1 amide bonds. The van der Waals surface area contributed by atoms with Gasteiger partial charge in [0.2, 0.25) is 5.91 Å². The monoisotopic (exact) mass is 314 g/mol. The van der Waals surface area contributed by atoms with Crippen molar-refractivity contribution in [2.24, 2.45) is 5.73 Å². The van der Waals surface area contributed by atoms with E-state index >= 15 is 0 Å². The van der Waals surface area contributed by atoms with Gasteiger partial charge in [0.05, 0.1) is 17.7 Å². The van der Waals surface area contributed by atoms with Gasteiger partial charge in [0.25, 0.3) is 0 Å². The highest BCUT2D eigenvalue weighted by molar-refractivity contribution is 6.30. The molecule has 2 unspecified atom stereocenters. The lowest BCUT2D eigenvalue weighted by molar-refractivity contribution is -0.134. The van der Waals surface area contributed by atoms with Crippen LogP contribution in [0.5, 0.6) is 0 Å². The molecule has 4 nitrogen and oxygen atoms in total. The predicted octanol–water partition coefficient (Wildman–Crippen LogP) is 2.51. The number of hydrogen-bond donors (Lipinski definition) is 1. The Kier molecular flexibility index (Phi) is 5.56. The summed E-state index contributed by atoms with van der Waals surface area (Å²) in [5.74, 6) is -0.467. The zero-order valence-electron chi connectivity index (χ0n) is 12.0. The Morgan fingerprint density at radius 1 is 1.52 bits per heavy atom. The van der Waals surface area contributed by atoms with Crippen LogP contribution in [0.2, 0.25) is 5.02 Å². The van der Waals surface area contributed by atoms with E-state index in [-0.39, 0.29) is 23.0 Å². The molecule has 0 saturated carbocycles. The van der Waals surface area contributed by atoms with Crippen molar-refractivity contribution in [1.29, 1.82) is 0 Å². The van der Waals surface area contributed by atoms with Crippen LogP contribution in [-0.4, -0.2) is 37.1 Å². The summed E-state index contributed by atoms with van der Waals surface area (Å²) in [4.78, 5) is 14.0. The Labute approximate surface area is 129 Å². The Bertz CT molecular complexity index is 512. The standard InChI is InChI=1S/C15H20ClFN2O2/c1-21-8-7-19-14(20)4-2-3-13(18)15(19)10-5-6-11(16)12(17)9-10/h5-6,9,13,15H,2-4,7-8,18H2,1H3. The molecule has 0 radical (unpaired) electrons. The van der Waals surface area contributed by atoms with E-state index in [1.165, 1.54) is 12.1 Å². The van der Waals surface area contributed by atoms with E-state index in [4.69, 9.17) is 22.1 Å². The van der Waals surface area contributed by atoms with Crippen LogP contribution in [0.3, 0.4) is 0 Å². The van der Waals surface area contributed by atoms with Crippen molar-refractivity contribution in [3.63, 3.8) is 0 Å². The van der Waals surface area contributed by atoms with Gasteiger partial charge in [-0.05, 0) is 30.5 Å². The van der Waals surface area contributed by atoms with E-state index < -0.39 is 5.82 Å². The Hall–Kier alpha value is -1.17. The summed E-state index contributed by atoms with van der Waals surface area (Å²) in [7, 11) is 1.58. The molecule has 1 aromatic carbocycles. The number of hydrogen-bond acceptors (Lipinski definition) is 3. The molecule has 1 aliphatic rings. The number of benzene rings is 1. The van der Waals surface area contributed by atoms with Gasteiger partial charge in [0.15, 0.2) is 0 Å². The SMILES string of the molecule is COCCN1C(=O)CCCC(N)C1c1ccc(Cl)c(F)c1. The highest BCUT2D eigenvalue weighted by atomic mass is 35.5. The second-order valence-electron chi connectivity index (χ2n) is 5.25. The summed E-state index contributed by atoms with van der Waals surface area (Å²) >= 11 is 5.73. The summed E-state index contributed by atoms with van der Waals surface area (Å²) in [5, 5.41) is 0.0655. The fourth-order valence-corrected chi connectivity index (χ4v) is 2.87. The molecule has 1 saturated heterocycles. The maximum absolute atomic E-state index is 13.7. The highest BCUT2D eigenvalue weighted by Crippen LogP contribution is 2.31. The highest BCUT2D eigenvalue weighted by Gasteiger charge is 2.32. The van der Waals surface area contributed by atoms with Crippen molar-refractivity contribution < 1.29 is 13.9 Å². The summed E-state index contributed by atoms with van der Waals surface area (Å²) in [6.45, 7) is 0.864.